The Kier molecular flexibility index (Phi) is 6.70. The molecule has 3 rings (SSSR count). The summed E-state index contributed by atoms with van der Waals surface area (Å²) in [5.74, 6) is -0.0953. The van der Waals surface area contributed by atoms with Gasteiger partial charge in [-0.1, -0.05) is 46.3 Å². The van der Waals surface area contributed by atoms with E-state index in [2.05, 4.69) is 38.3 Å². The van der Waals surface area contributed by atoms with E-state index < -0.39 is 6.09 Å². The van der Waals surface area contributed by atoms with Crippen LogP contribution in [-0.2, 0) is 16.1 Å². The first kappa shape index (κ1) is 19.2. The van der Waals surface area contributed by atoms with Crippen molar-refractivity contribution in [3.8, 4) is 0 Å². The van der Waals surface area contributed by atoms with Gasteiger partial charge >= 0.3 is 6.09 Å². The second kappa shape index (κ2) is 9.41. The van der Waals surface area contributed by atoms with Gasteiger partial charge in [-0.15, -0.1) is 0 Å². The Balaban J connectivity index is 1.38. The molecule has 1 fully saturated rings. The zero-order chi connectivity index (χ0) is 19.1. The van der Waals surface area contributed by atoms with E-state index >= 15 is 0 Å². The van der Waals surface area contributed by atoms with Crippen LogP contribution in [0.15, 0.2) is 59.1 Å². The zero-order valence-corrected chi connectivity index (χ0v) is 16.5. The Labute approximate surface area is 167 Å². The minimum absolute atomic E-state index is 0.0497. The molecule has 2 aromatic rings. The lowest BCUT2D eigenvalue weighted by molar-refractivity contribution is -0.130. The summed E-state index contributed by atoms with van der Waals surface area (Å²) in [5.41, 5.74) is 2.05. The third-order valence-corrected chi connectivity index (χ3v) is 4.95. The van der Waals surface area contributed by atoms with E-state index in [0.29, 0.717) is 13.1 Å². The van der Waals surface area contributed by atoms with Crippen LogP contribution in [0.4, 0.5) is 10.5 Å². The SMILES string of the molecule is O=C(NCC(=O)N1CCN(c2ccc(Br)cc2)CC1)OCc1ccccc1. The monoisotopic (exact) mass is 431 g/mol. The van der Waals surface area contributed by atoms with Gasteiger partial charge in [-0.3, -0.25) is 4.79 Å². The highest BCUT2D eigenvalue weighted by Gasteiger charge is 2.21. The predicted octanol–water partition coefficient (Wildman–Crippen LogP) is 3.02. The zero-order valence-electron chi connectivity index (χ0n) is 14.9. The van der Waals surface area contributed by atoms with E-state index in [1.165, 1.54) is 0 Å². The fraction of sp³-hybridized carbons (Fsp3) is 0.300. The highest BCUT2D eigenvalue weighted by atomic mass is 79.9. The Morgan fingerprint density at radius 1 is 0.963 bits per heavy atom. The van der Waals surface area contributed by atoms with Crippen LogP contribution in [0.3, 0.4) is 0 Å². The van der Waals surface area contributed by atoms with Crippen molar-refractivity contribution in [2.24, 2.45) is 0 Å². The molecule has 6 nitrogen and oxygen atoms in total. The van der Waals surface area contributed by atoms with Crippen LogP contribution >= 0.6 is 15.9 Å². The van der Waals surface area contributed by atoms with Crippen LogP contribution in [-0.4, -0.2) is 49.6 Å². The van der Waals surface area contributed by atoms with Crippen molar-refractivity contribution in [2.75, 3.05) is 37.6 Å². The van der Waals surface area contributed by atoms with E-state index in [1.807, 2.05) is 42.5 Å². The molecule has 1 N–H and O–H groups in total. The number of ether oxygens (including phenoxy) is 1. The molecule has 0 radical (unpaired) electrons. The minimum Gasteiger partial charge on any atom is -0.445 e. The van der Waals surface area contributed by atoms with Gasteiger partial charge < -0.3 is 19.9 Å². The van der Waals surface area contributed by atoms with Gasteiger partial charge in [-0.25, -0.2) is 4.79 Å². The van der Waals surface area contributed by atoms with Crippen LogP contribution in [0, 0.1) is 0 Å². The molecule has 7 heteroatoms. The van der Waals surface area contributed by atoms with Gasteiger partial charge in [0.2, 0.25) is 5.91 Å². The number of benzene rings is 2. The van der Waals surface area contributed by atoms with Crippen LogP contribution in [0.1, 0.15) is 5.56 Å². The third-order valence-electron chi connectivity index (χ3n) is 4.42. The Hall–Kier alpha value is -2.54. The average Bonchev–Trinajstić information content (AvgIpc) is 2.72. The fourth-order valence-electron chi connectivity index (χ4n) is 2.90. The lowest BCUT2D eigenvalue weighted by Crippen LogP contribution is -2.51. The number of hydrogen-bond acceptors (Lipinski definition) is 4. The fourth-order valence-corrected chi connectivity index (χ4v) is 3.16. The van der Waals surface area contributed by atoms with Crippen molar-refractivity contribution in [3.63, 3.8) is 0 Å². The highest BCUT2D eigenvalue weighted by Crippen LogP contribution is 2.19. The average molecular weight is 432 g/mol. The third kappa shape index (κ3) is 5.72. The molecule has 0 aromatic heterocycles. The van der Waals surface area contributed by atoms with Crippen molar-refractivity contribution in [1.29, 1.82) is 0 Å². The first-order valence-electron chi connectivity index (χ1n) is 8.84. The molecule has 0 atom stereocenters. The quantitative estimate of drug-likeness (QED) is 0.789. The second-order valence-electron chi connectivity index (χ2n) is 6.26. The van der Waals surface area contributed by atoms with Gasteiger partial charge in [0.25, 0.3) is 0 Å². The highest BCUT2D eigenvalue weighted by molar-refractivity contribution is 9.10. The molecule has 1 aliphatic rings. The molecule has 2 aromatic carbocycles. The van der Waals surface area contributed by atoms with E-state index in [9.17, 15) is 9.59 Å². The van der Waals surface area contributed by atoms with Crippen LogP contribution in [0.5, 0.6) is 0 Å². The lowest BCUT2D eigenvalue weighted by atomic mass is 10.2. The van der Waals surface area contributed by atoms with Crippen LogP contribution < -0.4 is 10.2 Å². The number of nitrogens with one attached hydrogen (secondary N) is 1. The molecule has 0 unspecified atom stereocenters. The van der Waals surface area contributed by atoms with Crippen LogP contribution in [0.25, 0.3) is 0 Å². The Bertz CT molecular complexity index is 760. The molecule has 1 saturated heterocycles. The van der Waals surface area contributed by atoms with Crippen molar-refractivity contribution in [2.45, 2.75) is 6.61 Å². The number of carbonyl (C=O) groups excluding carboxylic acids is 2. The molecule has 0 spiro atoms. The summed E-state index contributed by atoms with van der Waals surface area (Å²) in [6, 6.07) is 17.6. The molecular weight excluding hydrogens is 410 g/mol. The molecule has 27 heavy (non-hydrogen) atoms. The van der Waals surface area contributed by atoms with Gasteiger partial charge in [0, 0.05) is 36.3 Å². The largest absolute Gasteiger partial charge is 0.445 e. The Morgan fingerprint density at radius 3 is 2.30 bits per heavy atom. The molecule has 1 heterocycles. The number of amides is 2. The summed E-state index contributed by atoms with van der Waals surface area (Å²) in [5, 5.41) is 2.53. The van der Waals surface area contributed by atoms with Crippen molar-refractivity contribution in [3.05, 3.63) is 64.6 Å². The first-order chi connectivity index (χ1) is 13.1. The number of alkyl carbamates (subject to hydrolysis) is 1. The lowest BCUT2D eigenvalue weighted by Gasteiger charge is -2.36. The molecule has 2 amide bonds. The van der Waals surface area contributed by atoms with Gasteiger partial charge in [-0.05, 0) is 29.8 Å². The summed E-state index contributed by atoms with van der Waals surface area (Å²) in [7, 11) is 0. The standard InChI is InChI=1S/C20H22BrN3O3/c21-17-6-8-18(9-7-17)23-10-12-24(13-11-23)19(25)14-22-20(26)27-15-16-4-2-1-3-5-16/h1-9H,10-15H2,(H,22,26). The van der Waals surface area contributed by atoms with Gasteiger partial charge in [-0.2, -0.15) is 0 Å². The van der Waals surface area contributed by atoms with Gasteiger partial charge in [0.05, 0.1) is 0 Å². The maximum atomic E-state index is 12.3. The van der Waals surface area contributed by atoms with Crippen molar-refractivity contribution >= 4 is 33.6 Å². The van der Waals surface area contributed by atoms with Gasteiger partial charge in [0.15, 0.2) is 0 Å². The van der Waals surface area contributed by atoms with Gasteiger partial charge in [0.1, 0.15) is 13.2 Å². The maximum Gasteiger partial charge on any atom is 0.407 e. The number of carbonyl (C=O) groups is 2. The number of nitrogens with zero attached hydrogens (tertiary/aromatic N) is 2. The van der Waals surface area contributed by atoms with E-state index in [1.54, 1.807) is 4.90 Å². The van der Waals surface area contributed by atoms with E-state index in [4.69, 9.17) is 4.74 Å². The molecule has 0 saturated carbocycles. The summed E-state index contributed by atoms with van der Waals surface area (Å²) in [6.45, 7) is 2.95. The summed E-state index contributed by atoms with van der Waals surface area (Å²) in [4.78, 5) is 28.1. The molecule has 0 bridgehead atoms. The van der Waals surface area contributed by atoms with E-state index in [-0.39, 0.29) is 19.1 Å². The molecule has 1 aliphatic heterocycles. The molecule has 0 aliphatic carbocycles. The topological polar surface area (TPSA) is 61.9 Å². The summed E-state index contributed by atoms with van der Waals surface area (Å²) in [6.07, 6.45) is -0.583. The van der Waals surface area contributed by atoms with E-state index in [0.717, 1.165) is 28.8 Å². The number of anilines is 1. The normalized spacial score (nSPS) is 14.0. The smallest absolute Gasteiger partial charge is 0.407 e. The predicted molar refractivity (Wildman–Crippen MR) is 108 cm³/mol. The number of rotatable bonds is 5. The first-order valence-corrected chi connectivity index (χ1v) is 9.64. The summed E-state index contributed by atoms with van der Waals surface area (Å²) < 4.78 is 6.16. The maximum absolute atomic E-state index is 12.3. The van der Waals surface area contributed by atoms with Crippen LogP contribution in [0.2, 0.25) is 0 Å². The van der Waals surface area contributed by atoms with Crippen molar-refractivity contribution in [1.82, 2.24) is 10.2 Å². The summed E-state index contributed by atoms with van der Waals surface area (Å²) >= 11 is 3.44. The Morgan fingerprint density at radius 2 is 1.63 bits per heavy atom. The van der Waals surface area contributed by atoms with Crippen molar-refractivity contribution < 1.29 is 14.3 Å². The molecular formula is C20H22BrN3O3. The molecule has 142 valence electrons. The number of piperazine rings is 1. The second-order valence-corrected chi connectivity index (χ2v) is 7.18. The number of hydrogen-bond donors (Lipinski definition) is 1. The minimum atomic E-state index is -0.583. The number of halogens is 1.